The SMILES string of the molecule is CCCCCCCC/C=C\CCCCCCC(CCCCCCCCCCCCCC(CCCCC(C/C=C\CCCCCCCC)OC(=O)OCCN(CCN(CC)CC)C(C)C)C(=O)O)C(=O)O. The number of likely N-dealkylation sites (N-methyl/N-ethyl adjacent to an activating group) is 1. The number of carbonyl (C=O) groups is 3. The lowest BCUT2D eigenvalue weighted by molar-refractivity contribution is -0.143. The van der Waals surface area contributed by atoms with E-state index in [1.54, 1.807) is 0 Å². The van der Waals surface area contributed by atoms with Crippen molar-refractivity contribution < 1.29 is 34.1 Å². The van der Waals surface area contributed by atoms with E-state index in [-0.39, 0.29) is 17.9 Å². The van der Waals surface area contributed by atoms with Gasteiger partial charge in [-0.25, -0.2) is 4.79 Å². The van der Waals surface area contributed by atoms with Crippen LogP contribution >= 0.6 is 0 Å². The molecule has 9 heteroatoms. The second-order valence-electron chi connectivity index (χ2n) is 21.1. The summed E-state index contributed by atoms with van der Waals surface area (Å²) in [4.78, 5) is 41.7. The molecule has 0 saturated heterocycles. The molecule has 0 spiro atoms. The molecule has 2 N–H and O–H groups in total. The first-order valence-electron chi connectivity index (χ1n) is 30.1. The van der Waals surface area contributed by atoms with Crippen LogP contribution in [-0.2, 0) is 19.1 Å². The summed E-state index contributed by atoms with van der Waals surface area (Å²) < 4.78 is 11.5. The Bertz CT molecular complexity index is 1220. The second kappa shape index (κ2) is 51.5. The average Bonchev–Trinajstić information content (AvgIpc) is 3.34. The third kappa shape index (κ3) is 44.3. The first-order chi connectivity index (χ1) is 34.1. The van der Waals surface area contributed by atoms with Crippen LogP contribution in [0.2, 0.25) is 0 Å². The lowest BCUT2D eigenvalue weighted by atomic mass is 9.94. The molecule has 0 bridgehead atoms. The van der Waals surface area contributed by atoms with E-state index < -0.39 is 18.1 Å². The van der Waals surface area contributed by atoms with Gasteiger partial charge in [0.1, 0.15) is 12.7 Å². The lowest BCUT2D eigenvalue weighted by Crippen LogP contribution is -2.40. The van der Waals surface area contributed by atoms with Crippen molar-refractivity contribution in [2.45, 2.75) is 298 Å². The van der Waals surface area contributed by atoms with Crippen molar-refractivity contribution in [3.05, 3.63) is 24.3 Å². The van der Waals surface area contributed by atoms with E-state index >= 15 is 0 Å². The number of aliphatic carboxylic acids is 2. The number of carbonyl (C=O) groups excluding carboxylic acids is 1. The summed E-state index contributed by atoms with van der Waals surface area (Å²) in [5, 5.41) is 19.8. The highest BCUT2D eigenvalue weighted by atomic mass is 16.7. The molecule has 0 aliphatic heterocycles. The van der Waals surface area contributed by atoms with Gasteiger partial charge in [0.25, 0.3) is 0 Å². The zero-order chi connectivity index (χ0) is 51.6. The van der Waals surface area contributed by atoms with Gasteiger partial charge in [0.05, 0.1) is 11.8 Å². The summed E-state index contributed by atoms with van der Waals surface area (Å²) in [5.74, 6) is -1.80. The monoisotopic (exact) mass is 989 g/mol. The summed E-state index contributed by atoms with van der Waals surface area (Å²) >= 11 is 0. The fourth-order valence-electron chi connectivity index (χ4n) is 9.69. The summed E-state index contributed by atoms with van der Waals surface area (Å²) in [6.07, 6.45) is 50.7. The first-order valence-corrected chi connectivity index (χ1v) is 30.1. The number of hydrogen-bond acceptors (Lipinski definition) is 7. The quantitative estimate of drug-likeness (QED) is 0.0349. The van der Waals surface area contributed by atoms with Crippen LogP contribution in [0.3, 0.4) is 0 Å². The molecule has 0 radical (unpaired) electrons. The van der Waals surface area contributed by atoms with Crippen LogP contribution in [0.5, 0.6) is 0 Å². The van der Waals surface area contributed by atoms with Crippen LogP contribution in [0, 0.1) is 11.8 Å². The van der Waals surface area contributed by atoms with Gasteiger partial charge in [0.15, 0.2) is 0 Å². The number of hydrogen-bond donors (Lipinski definition) is 2. The molecular weight excluding hydrogens is 873 g/mol. The van der Waals surface area contributed by atoms with Crippen LogP contribution < -0.4 is 0 Å². The lowest BCUT2D eigenvalue weighted by Gasteiger charge is -2.29. The van der Waals surface area contributed by atoms with E-state index in [1.165, 1.54) is 135 Å². The fourth-order valence-corrected chi connectivity index (χ4v) is 9.69. The van der Waals surface area contributed by atoms with Gasteiger partial charge >= 0.3 is 18.1 Å². The molecule has 0 aromatic heterocycles. The van der Waals surface area contributed by atoms with Gasteiger partial charge in [-0.1, -0.05) is 213 Å². The number of rotatable bonds is 54. The van der Waals surface area contributed by atoms with Crippen LogP contribution in [-0.4, -0.2) is 89.6 Å². The van der Waals surface area contributed by atoms with Crippen LogP contribution in [0.1, 0.15) is 286 Å². The Morgan fingerprint density at radius 3 is 1.19 bits per heavy atom. The molecule has 0 amide bonds. The maximum atomic E-state index is 12.9. The highest BCUT2D eigenvalue weighted by molar-refractivity contribution is 5.70. The Morgan fingerprint density at radius 2 is 0.800 bits per heavy atom. The number of carboxylic acids is 2. The minimum absolute atomic E-state index is 0.179. The highest BCUT2D eigenvalue weighted by Gasteiger charge is 2.20. The molecule has 0 aromatic rings. The van der Waals surface area contributed by atoms with Crippen molar-refractivity contribution in [3.8, 4) is 0 Å². The van der Waals surface area contributed by atoms with E-state index in [9.17, 15) is 24.6 Å². The van der Waals surface area contributed by atoms with Crippen molar-refractivity contribution in [2.24, 2.45) is 11.8 Å². The Kier molecular flexibility index (Phi) is 49.8. The van der Waals surface area contributed by atoms with Crippen LogP contribution in [0.4, 0.5) is 4.79 Å². The van der Waals surface area contributed by atoms with Gasteiger partial charge < -0.3 is 24.6 Å². The molecule has 3 atom stereocenters. The predicted molar refractivity (Wildman–Crippen MR) is 298 cm³/mol. The molecule has 0 fully saturated rings. The van der Waals surface area contributed by atoms with E-state index in [2.05, 4.69) is 75.6 Å². The van der Waals surface area contributed by atoms with Gasteiger partial charge in [0, 0.05) is 32.1 Å². The van der Waals surface area contributed by atoms with E-state index in [0.717, 1.165) is 116 Å². The zero-order valence-corrected chi connectivity index (χ0v) is 47.1. The molecule has 0 saturated carbocycles. The van der Waals surface area contributed by atoms with E-state index in [4.69, 9.17) is 9.47 Å². The number of allylic oxidation sites excluding steroid dienone is 3. The molecule has 0 aliphatic carbocycles. The second-order valence-corrected chi connectivity index (χ2v) is 21.1. The highest BCUT2D eigenvalue weighted by Crippen LogP contribution is 2.23. The Balaban J connectivity index is 4.34. The molecule has 3 unspecified atom stereocenters. The zero-order valence-electron chi connectivity index (χ0n) is 47.1. The minimum atomic E-state index is -0.692. The van der Waals surface area contributed by atoms with E-state index in [1.807, 2.05) is 0 Å². The molecular formula is C61H116N2O7. The largest absolute Gasteiger partial charge is 0.508 e. The van der Waals surface area contributed by atoms with Gasteiger partial charge in [-0.2, -0.15) is 0 Å². The maximum Gasteiger partial charge on any atom is 0.508 e. The van der Waals surface area contributed by atoms with Gasteiger partial charge in [-0.3, -0.25) is 14.5 Å². The summed E-state index contributed by atoms with van der Waals surface area (Å²) in [5.41, 5.74) is 0. The van der Waals surface area contributed by atoms with E-state index in [0.29, 0.717) is 38.5 Å². The summed E-state index contributed by atoms with van der Waals surface area (Å²) in [6.45, 7) is 18.2. The Morgan fingerprint density at radius 1 is 0.443 bits per heavy atom. The molecule has 0 aliphatic rings. The topological polar surface area (TPSA) is 117 Å². The fraction of sp³-hybridized carbons (Fsp3) is 0.885. The first kappa shape index (κ1) is 67.6. The maximum absolute atomic E-state index is 12.9. The Hall–Kier alpha value is -2.39. The van der Waals surface area contributed by atoms with Crippen molar-refractivity contribution in [1.29, 1.82) is 0 Å². The van der Waals surface area contributed by atoms with Crippen LogP contribution in [0.15, 0.2) is 24.3 Å². The van der Waals surface area contributed by atoms with Gasteiger partial charge in [0.2, 0.25) is 0 Å². The number of ether oxygens (including phenoxy) is 2. The third-order valence-corrected chi connectivity index (χ3v) is 14.7. The number of nitrogens with zero attached hydrogens (tertiary/aromatic N) is 2. The van der Waals surface area contributed by atoms with Crippen LogP contribution in [0.25, 0.3) is 0 Å². The third-order valence-electron chi connectivity index (χ3n) is 14.7. The molecule has 70 heavy (non-hydrogen) atoms. The average molecular weight is 990 g/mol. The number of carboxylic acid groups (broad SMARTS) is 2. The minimum Gasteiger partial charge on any atom is -0.481 e. The van der Waals surface area contributed by atoms with Crippen molar-refractivity contribution in [3.63, 3.8) is 0 Å². The molecule has 0 rings (SSSR count). The van der Waals surface area contributed by atoms with Gasteiger partial charge in [-0.15, -0.1) is 0 Å². The Labute approximate surface area is 433 Å². The van der Waals surface area contributed by atoms with Crippen molar-refractivity contribution in [2.75, 3.05) is 39.3 Å². The smallest absolute Gasteiger partial charge is 0.481 e. The number of unbranched alkanes of at least 4 members (excludes halogenated alkanes) is 27. The normalized spacial score (nSPS) is 13.3. The summed E-state index contributed by atoms with van der Waals surface area (Å²) in [7, 11) is 0. The standard InChI is InChI=1S/C61H116N2O7/c1-7-11-13-15-17-19-20-21-22-24-28-31-35-39-45-56(59(64)65)46-40-36-32-29-25-23-26-30-33-37-41-47-57(60(66)67)48-43-44-50-58(49-42-38-34-27-18-16-14-12-8-2)70-61(68)69-54-53-63(55(5)6)52-51-62(9-3)10-4/h21-22,38,42,55-58H,7-20,23-37,39-41,43-54H2,1-6H3,(H,64,65)(H,66,67)/b22-21-,42-38-. The van der Waals surface area contributed by atoms with Crippen molar-refractivity contribution >= 4 is 18.1 Å². The molecule has 412 valence electrons. The molecule has 0 aromatic carbocycles. The van der Waals surface area contributed by atoms with Gasteiger partial charge in [-0.05, 0) is 104 Å². The molecule has 9 nitrogen and oxygen atoms in total. The molecule has 0 heterocycles. The summed E-state index contributed by atoms with van der Waals surface area (Å²) in [6, 6.07) is 0.359. The van der Waals surface area contributed by atoms with Crippen molar-refractivity contribution in [1.82, 2.24) is 9.80 Å². The predicted octanol–water partition coefficient (Wildman–Crippen LogP) is 17.9.